The number of fused-ring (bicyclic) bond motifs is 2. The first kappa shape index (κ1) is 99.3. The van der Waals surface area contributed by atoms with Crippen molar-refractivity contribution in [2.45, 2.75) is 143 Å². The average molecular weight is 1760 g/mol. The number of aliphatic carboxylic acids is 2. The van der Waals surface area contributed by atoms with Crippen molar-refractivity contribution in [3.63, 3.8) is 0 Å². The summed E-state index contributed by atoms with van der Waals surface area (Å²) in [7, 11) is -1.55. The van der Waals surface area contributed by atoms with Gasteiger partial charge in [0, 0.05) is 76.9 Å². The van der Waals surface area contributed by atoms with Crippen molar-refractivity contribution < 1.29 is 111 Å². The Morgan fingerprint density at radius 1 is 0.557 bits per heavy atom. The molecule has 0 bridgehead atoms. The zero-order chi connectivity index (χ0) is 88.1. The van der Waals surface area contributed by atoms with Crippen LogP contribution >= 0.6 is 7.29 Å². The molecule has 1 radical (unpaired) electrons. The number of carboxylic acid groups (broad SMARTS) is 2. The number of rotatable bonds is 38. The molecule has 1 aliphatic rings. The number of carbonyl (C=O) groups is 10. The fraction of sp³-hybridized carbons (Fsp3) is 0.312. The maximum atomic E-state index is 13.8. The molecule has 8 amide bonds. The summed E-state index contributed by atoms with van der Waals surface area (Å²) in [5.74, 6) is -5.25. The topological polar surface area (TPSA) is 404 Å². The third-order valence-corrected chi connectivity index (χ3v) is 22.3. The van der Waals surface area contributed by atoms with Crippen molar-refractivity contribution in [1.82, 2.24) is 47.1 Å². The molecule has 27 nitrogen and oxygen atoms in total. The summed E-state index contributed by atoms with van der Waals surface area (Å²) in [4.78, 5) is 126. The molecule has 0 aliphatic carbocycles. The molecule has 122 heavy (non-hydrogen) atoms. The minimum absolute atomic E-state index is 0. The van der Waals surface area contributed by atoms with Gasteiger partial charge >= 0.3 is 5.97 Å². The normalized spacial score (nSPS) is 13.3. The van der Waals surface area contributed by atoms with E-state index in [2.05, 4.69) is 38.0 Å². The van der Waals surface area contributed by atoms with Crippen LogP contribution in [0.4, 0.5) is 5.69 Å². The molecule has 0 unspecified atom stereocenters. The van der Waals surface area contributed by atoms with Crippen LogP contribution in [-0.2, 0) is 101 Å². The smallest absolute Gasteiger partial charge is 0.320 e. The van der Waals surface area contributed by atoms with Crippen LogP contribution in [0.3, 0.4) is 0 Å². The number of likely N-dealkylation sites (N-methyl/N-ethyl adjacent to an activating group) is 1. The molecule has 0 aromatic heterocycles. The summed E-state index contributed by atoms with van der Waals surface area (Å²) in [6.45, 7) is 16.4. The number of carboxylic acids is 2. The number of aryl methyl sites for hydroxylation is 2. The Morgan fingerprint density at radius 3 is 1.62 bits per heavy atom. The van der Waals surface area contributed by atoms with E-state index in [9.17, 15) is 62.8 Å². The minimum atomic E-state index is -3.04. The molecule has 29 heteroatoms. The Hall–Kier alpha value is -11.6. The summed E-state index contributed by atoms with van der Waals surface area (Å²) in [6.07, 6.45) is 2.37. The summed E-state index contributed by atoms with van der Waals surface area (Å²) in [5.41, 5.74) is 11.6. The first-order valence-electron chi connectivity index (χ1n) is 39.9. The second-order valence-electron chi connectivity index (χ2n) is 30.3. The van der Waals surface area contributed by atoms with E-state index in [1.807, 2.05) is 255 Å². The standard InChI is InChI=1S/C32H36N4O6.C25H32N3O4.C19H25N2O3P.C17H16N2O3.Y/c1-19(2)15-26(29(38)35-27(28(37)33-3)16-20-9-5-4-6-10-20)34-25(32(41)42)13-14-36-30(39)23-17-21-11-7-8-12-22(21)18-24(23)31(36)40;1-17(2)15-22(25(32)27-20-7-5-4-6-8-20)28-24(31)21(26-16-23(29)30)14-13-19-11-9-18(3)10-12-19;1-15(2)18(19(22)20-23)21(14-16-10-6-4-7-11-16)25(3,24)17-12-8-5-9-13-17;18-10-8-13-2-1-3-15(12-13)14-4-6-16(7-5-14)22-11-9-17(20)19-21;/h4-12,17-19,25-27,34H,13-16H2,1-3H3,(H,33,37)(H,35,38)(H,41,42);4-12,16-17,21-22,26H,13-15H2,1-3H3,(H,27,32)(H,28,31)(H,29,30);4-13,15,18,23H,14H2,1-3H3,(H,20,22);1-7,12,21H,8-9,11H2,(H,19,20);/q;-1;;;/t25-,26+,27+;21-,22-;18-,25-;;/m101../s1. The van der Waals surface area contributed by atoms with Gasteiger partial charge in [-0.05, 0) is 137 Å². The number of nitrogens with zero attached hydrogens (tertiary/aromatic N) is 3. The number of imide groups is 1. The number of amides is 8. The first-order valence-corrected chi connectivity index (χ1v) is 42.0. The molecule has 0 saturated carbocycles. The molecule has 7 atom stereocenters. The third-order valence-electron chi connectivity index (χ3n) is 19.7. The predicted molar refractivity (Wildman–Crippen MR) is 464 cm³/mol. The fourth-order valence-electron chi connectivity index (χ4n) is 13.4. The Morgan fingerprint density at radius 2 is 1.09 bits per heavy atom. The fourth-order valence-corrected chi connectivity index (χ4v) is 15.7. The van der Waals surface area contributed by atoms with Crippen LogP contribution in [0, 0.1) is 42.6 Å². The molecule has 0 spiro atoms. The van der Waals surface area contributed by atoms with E-state index in [1.54, 1.807) is 46.6 Å². The number of nitriles is 1. The van der Waals surface area contributed by atoms with Gasteiger partial charge in [0.2, 0.25) is 29.5 Å². The Kier molecular flexibility index (Phi) is 41.2. The average Bonchev–Trinajstić information content (AvgIpc) is 1.64. The Labute approximate surface area is 737 Å². The van der Waals surface area contributed by atoms with Crippen LogP contribution in [0.25, 0.3) is 21.9 Å². The SMILES string of the molecule is CC(C)[C@H](C(=O)NO)N(Cc1ccccc1)[P@](C)(=O)c1ccccc1.CNC(=O)[C@H](Cc1ccccc1)NC(=O)[C@H](CC(C)C)N[C@H](CCN1C(=O)c2cc3ccccc3cc2C1=O)C(=O)O.Cc1ccc(CC[C@H](N[CH-]C(=O)O)C(=O)N[C@@H](CC(C)C)C(=O)Nc2ccccc2)cc1.N#CCc1cccc(-c2ccc(OCCC(=O)NO)cc2)c1.[Y]. The van der Waals surface area contributed by atoms with Gasteiger partial charge in [-0.25, -0.2) is 22.2 Å². The summed E-state index contributed by atoms with van der Waals surface area (Å²) < 4.78 is 20.9. The molecule has 9 aromatic carbocycles. The van der Waals surface area contributed by atoms with E-state index >= 15 is 0 Å². The van der Waals surface area contributed by atoms with Crippen LogP contribution in [-0.4, -0.2) is 153 Å². The van der Waals surface area contributed by atoms with Crippen LogP contribution in [0.1, 0.15) is 122 Å². The van der Waals surface area contributed by atoms with Gasteiger partial charge in [0.1, 0.15) is 23.9 Å². The molecule has 0 saturated heterocycles. The number of carbonyl (C=O) groups excluding carboxylic acids is 8. The van der Waals surface area contributed by atoms with E-state index in [1.165, 1.54) is 7.05 Å². The largest absolute Gasteiger partial charge is 0.502 e. The zero-order valence-corrected chi connectivity index (χ0v) is 73.8. The second kappa shape index (κ2) is 50.6. The van der Waals surface area contributed by atoms with Crippen LogP contribution in [0.2, 0.25) is 0 Å². The summed E-state index contributed by atoms with van der Waals surface area (Å²) in [5, 5.41) is 64.2. The number of para-hydroxylation sites is 1. The maximum absolute atomic E-state index is 13.8. The van der Waals surface area contributed by atoms with Gasteiger partial charge in [-0.3, -0.25) is 68.6 Å². The number of hydrogen-bond donors (Lipinski definition) is 12. The summed E-state index contributed by atoms with van der Waals surface area (Å²) >= 11 is 0. The van der Waals surface area contributed by atoms with Gasteiger partial charge in [-0.2, -0.15) is 5.26 Å². The number of hydroxylamine groups is 2. The molecule has 0 fully saturated rings. The van der Waals surface area contributed by atoms with E-state index in [0.717, 1.165) is 61.2 Å². The minimum Gasteiger partial charge on any atom is -0.502 e. The molecule has 10 rings (SSSR count). The van der Waals surface area contributed by atoms with E-state index in [-0.39, 0.29) is 106 Å². The second-order valence-corrected chi connectivity index (χ2v) is 33.1. The van der Waals surface area contributed by atoms with Gasteiger partial charge in [0.05, 0.1) is 54.8 Å². The molecule has 12 N–H and O–H groups in total. The molecule has 9 aromatic rings. The van der Waals surface area contributed by atoms with Crippen molar-refractivity contribution in [2.75, 3.05) is 32.2 Å². The van der Waals surface area contributed by atoms with Crippen molar-refractivity contribution in [3.8, 4) is 22.9 Å². The van der Waals surface area contributed by atoms with E-state index in [4.69, 9.17) is 20.3 Å². The number of anilines is 1. The summed E-state index contributed by atoms with van der Waals surface area (Å²) in [6, 6.07) is 68.0. The number of ether oxygens (including phenoxy) is 1. The van der Waals surface area contributed by atoms with Crippen LogP contribution in [0.15, 0.2) is 231 Å². The number of hydrogen-bond acceptors (Lipinski definition) is 17. The monoisotopic (exact) mass is 1760 g/mol. The van der Waals surface area contributed by atoms with Crippen molar-refractivity contribution in [1.29, 1.82) is 5.26 Å². The molecule has 641 valence electrons. The van der Waals surface area contributed by atoms with Crippen molar-refractivity contribution >= 4 is 88.3 Å². The Bertz CT molecular complexity index is 4960. The van der Waals surface area contributed by atoms with Crippen LogP contribution in [0.5, 0.6) is 5.75 Å². The van der Waals surface area contributed by atoms with Gasteiger partial charge in [-0.15, -0.1) is 0 Å². The van der Waals surface area contributed by atoms with Crippen molar-refractivity contribution in [2.24, 2.45) is 17.8 Å². The number of nitrogens with one attached hydrogen (secondary N) is 8. The first-order chi connectivity index (χ1) is 57.9. The molecular formula is C93H109N11O16PY-. The van der Waals surface area contributed by atoms with E-state index < -0.39 is 90.9 Å². The molecule has 1 heterocycles. The van der Waals surface area contributed by atoms with Gasteiger partial charge in [0.15, 0.2) is 13.3 Å². The van der Waals surface area contributed by atoms with Crippen LogP contribution < -0.4 is 52.9 Å². The van der Waals surface area contributed by atoms with Gasteiger partial charge in [-0.1, -0.05) is 241 Å². The molecule has 1 aliphatic heterocycles. The third kappa shape index (κ3) is 31.5. The predicted octanol–water partition coefficient (Wildman–Crippen LogP) is 12.0. The number of benzene rings is 9. The molecular weight excluding hydrogens is 1650 g/mol. The van der Waals surface area contributed by atoms with Gasteiger partial charge < -0.3 is 46.1 Å². The van der Waals surface area contributed by atoms with Gasteiger partial charge in [0.25, 0.3) is 17.7 Å². The maximum Gasteiger partial charge on any atom is 0.320 e. The Balaban J connectivity index is 0.000000259. The quantitative estimate of drug-likeness (QED) is 0.00562. The zero-order valence-electron chi connectivity index (χ0n) is 70.0. The van der Waals surface area contributed by atoms with Crippen molar-refractivity contribution in [3.05, 3.63) is 276 Å². The van der Waals surface area contributed by atoms with E-state index in [0.29, 0.717) is 55.4 Å².